The van der Waals surface area contributed by atoms with E-state index in [4.69, 9.17) is 4.74 Å². The fourth-order valence-corrected chi connectivity index (χ4v) is 3.24. The smallest absolute Gasteiger partial charge is 0.339 e. The van der Waals surface area contributed by atoms with Crippen LogP contribution in [0, 0.1) is 0 Å². The molecular weight excluding hydrogens is 352 g/mol. The Hall–Kier alpha value is -3.61. The van der Waals surface area contributed by atoms with E-state index >= 15 is 0 Å². The number of benzene rings is 2. The monoisotopic (exact) mass is 364 g/mol. The number of aldehydes is 1. The molecule has 4 rings (SSSR count). The molecule has 0 radical (unpaired) electrons. The predicted molar refractivity (Wildman–Crippen MR) is 90.0 cm³/mol. The quantitative estimate of drug-likeness (QED) is 0.462. The summed E-state index contributed by atoms with van der Waals surface area (Å²) in [7, 11) is 1.17. The molecule has 0 aromatic heterocycles. The molecule has 27 heavy (non-hydrogen) atoms. The number of fused-ring (bicyclic) bond motifs is 3. The van der Waals surface area contributed by atoms with Crippen LogP contribution in [0.1, 0.15) is 58.5 Å². The van der Waals surface area contributed by atoms with Crippen LogP contribution in [0.5, 0.6) is 0 Å². The van der Waals surface area contributed by atoms with E-state index in [9.17, 15) is 24.0 Å². The Morgan fingerprint density at radius 3 is 2.48 bits per heavy atom. The van der Waals surface area contributed by atoms with Gasteiger partial charge in [0.2, 0.25) is 0 Å². The number of carbonyl (C=O) groups excluding carboxylic acids is 5. The van der Waals surface area contributed by atoms with Gasteiger partial charge in [0.25, 0.3) is 0 Å². The largest absolute Gasteiger partial charge is 0.465 e. The SMILES string of the molecule is COC(=O)c1cc(C(=O)c2ccc3c(c2)C(=O)OC2C(=O)C32)ccc1C=O. The van der Waals surface area contributed by atoms with Crippen molar-refractivity contribution in [1.82, 2.24) is 0 Å². The Morgan fingerprint density at radius 1 is 1.07 bits per heavy atom. The molecule has 1 aliphatic heterocycles. The Balaban J connectivity index is 1.73. The number of hydrogen-bond acceptors (Lipinski definition) is 7. The molecule has 1 heterocycles. The third-order valence-electron chi connectivity index (χ3n) is 4.73. The number of methoxy groups -OCH3 is 1. The second kappa shape index (κ2) is 5.98. The van der Waals surface area contributed by atoms with Gasteiger partial charge in [-0.15, -0.1) is 0 Å². The molecule has 7 heteroatoms. The molecule has 0 spiro atoms. The zero-order valence-corrected chi connectivity index (χ0v) is 14.1. The maximum absolute atomic E-state index is 12.8. The maximum atomic E-state index is 12.8. The minimum atomic E-state index is -0.737. The van der Waals surface area contributed by atoms with E-state index in [1.165, 1.54) is 37.4 Å². The van der Waals surface area contributed by atoms with Crippen LogP contribution in [0.25, 0.3) is 0 Å². The Kier molecular flexibility index (Phi) is 3.73. The highest BCUT2D eigenvalue weighted by Crippen LogP contribution is 2.45. The van der Waals surface area contributed by atoms with E-state index in [2.05, 4.69) is 4.74 Å². The van der Waals surface area contributed by atoms with Gasteiger partial charge in [-0.3, -0.25) is 14.4 Å². The molecule has 0 saturated heterocycles. The van der Waals surface area contributed by atoms with Crippen LogP contribution in [-0.4, -0.2) is 43.0 Å². The minimum absolute atomic E-state index is 0.0258. The van der Waals surface area contributed by atoms with Gasteiger partial charge in [0, 0.05) is 16.7 Å². The average Bonchev–Trinajstić information content (AvgIpc) is 3.35. The molecule has 0 bridgehead atoms. The van der Waals surface area contributed by atoms with Crippen LogP contribution in [0.4, 0.5) is 0 Å². The summed E-state index contributed by atoms with van der Waals surface area (Å²) in [4.78, 5) is 59.4. The van der Waals surface area contributed by atoms with Gasteiger partial charge in [-0.25, -0.2) is 9.59 Å². The lowest BCUT2D eigenvalue weighted by Crippen LogP contribution is -2.17. The van der Waals surface area contributed by atoms with Crippen LogP contribution < -0.4 is 0 Å². The number of carbonyl (C=O) groups is 5. The maximum Gasteiger partial charge on any atom is 0.339 e. The van der Waals surface area contributed by atoms with E-state index in [1.807, 2.05) is 0 Å². The molecule has 2 aliphatic rings. The molecule has 7 nitrogen and oxygen atoms in total. The van der Waals surface area contributed by atoms with Crippen molar-refractivity contribution in [2.75, 3.05) is 7.11 Å². The van der Waals surface area contributed by atoms with Crippen molar-refractivity contribution in [3.05, 3.63) is 69.8 Å². The van der Waals surface area contributed by atoms with Crippen LogP contribution in [-0.2, 0) is 14.3 Å². The highest BCUT2D eigenvalue weighted by Gasteiger charge is 2.58. The summed E-state index contributed by atoms with van der Waals surface area (Å²) in [6.07, 6.45) is -0.205. The van der Waals surface area contributed by atoms with Crippen molar-refractivity contribution in [2.45, 2.75) is 12.0 Å². The summed E-state index contributed by atoms with van der Waals surface area (Å²) in [5.41, 5.74) is 1.18. The average molecular weight is 364 g/mol. The summed E-state index contributed by atoms with van der Waals surface area (Å²) in [5.74, 6) is -2.41. The third-order valence-corrected chi connectivity index (χ3v) is 4.73. The van der Waals surface area contributed by atoms with Gasteiger partial charge in [0.1, 0.15) is 0 Å². The van der Waals surface area contributed by atoms with Gasteiger partial charge in [-0.05, 0) is 17.7 Å². The molecule has 134 valence electrons. The summed E-state index contributed by atoms with van der Waals surface area (Å²) < 4.78 is 9.67. The van der Waals surface area contributed by atoms with E-state index in [1.54, 1.807) is 6.07 Å². The molecule has 1 aliphatic carbocycles. The van der Waals surface area contributed by atoms with E-state index in [-0.39, 0.29) is 33.6 Å². The summed E-state index contributed by atoms with van der Waals surface area (Å²) in [6.45, 7) is 0. The van der Waals surface area contributed by atoms with Crippen molar-refractivity contribution >= 4 is 29.8 Å². The lowest BCUT2D eigenvalue weighted by atomic mass is 9.94. The van der Waals surface area contributed by atoms with Gasteiger partial charge in [0.05, 0.1) is 24.2 Å². The second-order valence-electron chi connectivity index (χ2n) is 6.25. The second-order valence-corrected chi connectivity index (χ2v) is 6.25. The number of esters is 2. The first-order valence-electron chi connectivity index (χ1n) is 8.07. The van der Waals surface area contributed by atoms with Gasteiger partial charge in [-0.2, -0.15) is 0 Å². The minimum Gasteiger partial charge on any atom is -0.465 e. The van der Waals surface area contributed by atoms with Gasteiger partial charge < -0.3 is 9.47 Å². The molecule has 2 aromatic rings. The highest BCUT2D eigenvalue weighted by atomic mass is 16.6. The number of hydrogen-bond donors (Lipinski definition) is 0. The first kappa shape index (κ1) is 16.8. The zero-order chi connectivity index (χ0) is 19.3. The fraction of sp³-hybridized carbons (Fsp3) is 0.150. The fourth-order valence-electron chi connectivity index (χ4n) is 3.24. The summed E-state index contributed by atoms with van der Waals surface area (Å²) in [5, 5.41) is 0. The van der Waals surface area contributed by atoms with Crippen LogP contribution in [0.15, 0.2) is 36.4 Å². The van der Waals surface area contributed by atoms with Crippen molar-refractivity contribution < 1.29 is 33.4 Å². The zero-order valence-electron chi connectivity index (χ0n) is 14.1. The van der Waals surface area contributed by atoms with Crippen molar-refractivity contribution in [2.24, 2.45) is 0 Å². The molecule has 2 unspecified atom stereocenters. The van der Waals surface area contributed by atoms with Crippen molar-refractivity contribution in [3.63, 3.8) is 0 Å². The van der Waals surface area contributed by atoms with Crippen molar-refractivity contribution in [1.29, 1.82) is 0 Å². The van der Waals surface area contributed by atoms with Gasteiger partial charge >= 0.3 is 11.9 Å². The highest BCUT2D eigenvalue weighted by molar-refractivity contribution is 6.15. The first-order chi connectivity index (χ1) is 13.0. The van der Waals surface area contributed by atoms with Gasteiger partial charge in [-0.1, -0.05) is 24.3 Å². The molecule has 2 aromatic carbocycles. The van der Waals surface area contributed by atoms with Crippen LogP contribution in [0.3, 0.4) is 0 Å². The Bertz CT molecular complexity index is 1050. The number of Topliss-reactive ketones (excluding diaryl/α,β-unsaturated/α-hetero) is 1. The molecular formula is C20H12O7. The van der Waals surface area contributed by atoms with E-state index in [0.29, 0.717) is 11.8 Å². The number of ether oxygens (including phenoxy) is 2. The predicted octanol–water partition coefficient (Wildman–Crippen LogP) is 1.72. The van der Waals surface area contributed by atoms with Crippen LogP contribution >= 0.6 is 0 Å². The first-order valence-corrected chi connectivity index (χ1v) is 8.07. The van der Waals surface area contributed by atoms with Crippen LogP contribution in [0.2, 0.25) is 0 Å². The third kappa shape index (κ3) is 2.55. The molecule has 1 fully saturated rings. The molecule has 1 saturated carbocycles. The normalized spacial score (nSPS) is 19.4. The van der Waals surface area contributed by atoms with Gasteiger partial charge in [0.15, 0.2) is 24.0 Å². The Morgan fingerprint density at radius 2 is 1.78 bits per heavy atom. The molecule has 2 atom stereocenters. The molecule has 0 amide bonds. The number of rotatable bonds is 4. The lowest BCUT2D eigenvalue weighted by molar-refractivity contribution is -0.112. The standard InChI is InChI=1S/C20H12O7/c1-26-19(24)13-6-9(2-3-11(13)8-21)16(22)10-4-5-12-14(7-10)20(25)27-18-15(12)17(18)23/h2-8,15,18H,1H3. The van der Waals surface area contributed by atoms with E-state index in [0.717, 1.165) is 0 Å². The number of ketones is 2. The topological polar surface area (TPSA) is 104 Å². The summed E-state index contributed by atoms with van der Waals surface area (Å²) in [6, 6.07) is 8.52. The lowest BCUT2D eigenvalue weighted by Gasteiger charge is -2.14. The Labute approximate surface area is 152 Å². The molecule has 0 N–H and O–H groups in total. The van der Waals surface area contributed by atoms with Crippen molar-refractivity contribution in [3.8, 4) is 0 Å². The van der Waals surface area contributed by atoms with E-state index < -0.39 is 29.7 Å². The summed E-state index contributed by atoms with van der Waals surface area (Å²) >= 11 is 0.